The molecule has 7 nitrogen and oxygen atoms in total. The Morgan fingerprint density at radius 1 is 1.16 bits per heavy atom. The number of nitrogens with zero attached hydrogens (tertiary/aromatic N) is 3. The van der Waals surface area contributed by atoms with Crippen molar-refractivity contribution in [3.8, 4) is 0 Å². The Morgan fingerprint density at radius 2 is 1.88 bits per heavy atom. The van der Waals surface area contributed by atoms with E-state index >= 15 is 0 Å². The van der Waals surface area contributed by atoms with E-state index < -0.39 is 6.10 Å². The van der Waals surface area contributed by atoms with Gasteiger partial charge in [-0.25, -0.2) is 0 Å². The maximum absolute atomic E-state index is 12.7. The number of amides is 2. The number of likely N-dealkylation sites (tertiary alicyclic amines) is 1. The normalized spacial score (nSPS) is 27.6. The molecule has 0 bridgehead atoms. The van der Waals surface area contributed by atoms with Crippen LogP contribution < -0.4 is 5.73 Å². The maximum atomic E-state index is 12.7. The van der Waals surface area contributed by atoms with Crippen molar-refractivity contribution >= 4 is 11.8 Å². The van der Waals surface area contributed by atoms with Gasteiger partial charge in [0, 0.05) is 31.7 Å². The third kappa shape index (κ3) is 3.29. The quantitative estimate of drug-likeness (QED) is 0.886. The van der Waals surface area contributed by atoms with Crippen molar-refractivity contribution in [1.82, 2.24) is 14.7 Å². The number of nitrogens with two attached hydrogens (primary N) is 1. The van der Waals surface area contributed by atoms with Gasteiger partial charge in [0.15, 0.2) is 5.69 Å². The van der Waals surface area contributed by atoms with E-state index in [2.05, 4.69) is 5.10 Å². The average Bonchev–Trinajstić information content (AvgIpc) is 3.18. The van der Waals surface area contributed by atoms with Gasteiger partial charge in [-0.1, -0.05) is 0 Å². The molecule has 2 aliphatic heterocycles. The van der Waals surface area contributed by atoms with Crippen LogP contribution in [0.3, 0.4) is 0 Å². The van der Waals surface area contributed by atoms with Gasteiger partial charge in [0.1, 0.15) is 6.10 Å². The molecule has 3 aliphatic rings. The summed E-state index contributed by atoms with van der Waals surface area (Å²) in [5.41, 5.74) is 7.07. The SMILES string of the molecule is Cn1nc(C(=O)N2CCC([C@@H]3CC[C@H](C(N)=O)O3)CC2)cc1C1CC1. The number of hydrogen-bond acceptors (Lipinski definition) is 4. The second kappa shape index (κ2) is 6.44. The fourth-order valence-electron chi connectivity index (χ4n) is 4.20. The molecule has 7 heteroatoms. The van der Waals surface area contributed by atoms with E-state index in [1.54, 1.807) is 0 Å². The summed E-state index contributed by atoms with van der Waals surface area (Å²) in [4.78, 5) is 25.9. The molecule has 25 heavy (non-hydrogen) atoms. The van der Waals surface area contributed by atoms with Gasteiger partial charge in [-0.05, 0) is 50.5 Å². The number of hydrogen-bond donors (Lipinski definition) is 1. The first-order valence-corrected chi connectivity index (χ1v) is 9.31. The summed E-state index contributed by atoms with van der Waals surface area (Å²) < 4.78 is 7.66. The Kier molecular flexibility index (Phi) is 4.27. The topological polar surface area (TPSA) is 90.5 Å². The minimum absolute atomic E-state index is 0.0308. The number of aromatic nitrogens is 2. The molecule has 2 atom stereocenters. The lowest BCUT2D eigenvalue weighted by molar-refractivity contribution is -0.130. The Morgan fingerprint density at radius 3 is 2.48 bits per heavy atom. The van der Waals surface area contributed by atoms with Crippen LogP contribution in [0.25, 0.3) is 0 Å². The van der Waals surface area contributed by atoms with Gasteiger partial charge < -0.3 is 15.4 Å². The molecule has 0 spiro atoms. The van der Waals surface area contributed by atoms with Crippen molar-refractivity contribution in [2.24, 2.45) is 18.7 Å². The van der Waals surface area contributed by atoms with Gasteiger partial charge in [-0.2, -0.15) is 5.10 Å². The molecular weight excluding hydrogens is 320 g/mol. The third-order valence-corrected chi connectivity index (χ3v) is 5.85. The van der Waals surface area contributed by atoms with Gasteiger partial charge in [-0.3, -0.25) is 14.3 Å². The second-order valence-corrected chi connectivity index (χ2v) is 7.62. The first-order valence-electron chi connectivity index (χ1n) is 9.31. The van der Waals surface area contributed by atoms with E-state index in [0.717, 1.165) is 38.8 Å². The van der Waals surface area contributed by atoms with Crippen LogP contribution in [0.5, 0.6) is 0 Å². The molecule has 1 aromatic rings. The van der Waals surface area contributed by atoms with Gasteiger partial charge in [0.25, 0.3) is 5.91 Å². The van der Waals surface area contributed by atoms with Crippen molar-refractivity contribution < 1.29 is 14.3 Å². The Balaban J connectivity index is 1.33. The van der Waals surface area contributed by atoms with E-state index in [1.807, 2.05) is 22.7 Å². The van der Waals surface area contributed by atoms with Crippen molar-refractivity contribution in [2.75, 3.05) is 13.1 Å². The van der Waals surface area contributed by atoms with Gasteiger partial charge in [-0.15, -0.1) is 0 Å². The van der Waals surface area contributed by atoms with E-state index in [1.165, 1.54) is 18.5 Å². The van der Waals surface area contributed by atoms with Gasteiger partial charge >= 0.3 is 0 Å². The van der Waals surface area contributed by atoms with Crippen LogP contribution >= 0.6 is 0 Å². The Labute approximate surface area is 147 Å². The van der Waals surface area contributed by atoms with E-state index in [9.17, 15) is 9.59 Å². The summed E-state index contributed by atoms with van der Waals surface area (Å²) in [5.74, 6) is 0.654. The highest BCUT2D eigenvalue weighted by atomic mass is 16.5. The Hall–Kier alpha value is -1.89. The van der Waals surface area contributed by atoms with E-state index in [4.69, 9.17) is 10.5 Å². The lowest BCUT2D eigenvalue weighted by atomic mass is 9.89. The van der Waals surface area contributed by atoms with Crippen molar-refractivity contribution in [3.63, 3.8) is 0 Å². The summed E-state index contributed by atoms with van der Waals surface area (Å²) >= 11 is 0. The molecule has 0 aromatic carbocycles. The molecule has 2 saturated heterocycles. The standard InChI is InChI=1S/C18H26N4O3/c1-21-14(11-2-3-11)10-13(20-21)18(24)22-8-6-12(7-9-22)15-4-5-16(25-15)17(19)23/h10-12,15-16H,2-9H2,1H3,(H2,19,23)/t15-,16+/m0/s1. The summed E-state index contributed by atoms with van der Waals surface area (Å²) in [7, 11) is 1.92. The fourth-order valence-corrected chi connectivity index (χ4v) is 4.20. The number of aryl methyl sites for hydroxylation is 1. The number of carbonyl (C=O) groups is 2. The molecule has 2 N–H and O–H groups in total. The highest BCUT2D eigenvalue weighted by Gasteiger charge is 2.37. The van der Waals surface area contributed by atoms with Gasteiger partial charge in [0.2, 0.25) is 5.91 Å². The summed E-state index contributed by atoms with van der Waals surface area (Å²) in [6.07, 6.45) is 5.49. The molecule has 4 rings (SSSR count). The minimum atomic E-state index is -0.431. The predicted octanol–water partition coefficient (Wildman–Crippen LogP) is 1.18. The number of primary amides is 1. The first-order chi connectivity index (χ1) is 12.0. The molecule has 136 valence electrons. The van der Waals surface area contributed by atoms with Crippen molar-refractivity contribution in [2.45, 2.75) is 56.7 Å². The van der Waals surface area contributed by atoms with Crippen LogP contribution in [-0.2, 0) is 16.6 Å². The minimum Gasteiger partial charge on any atom is -0.367 e. The van der Waals surface area contributed by atoms with Crippen molar-refractivity contribution in [1.29, 1.82) is 0 Å². The molecule has 2 amide bonds. The molecule has 1 saturated carbocycles. The predicted molar refractivity (Wildman–Crippen MR) is 90.9 cm³/mol. The number of carbonyl (C=O) groups excluding carboxylic acids is 2. The van der Waals surface area contributed by atoms with Crippen LogP contribution in [0.1, 0.15) is 60.6 Å². The fraction of sp³-hybridized carbons (Fsp3) is 0.722. The summed E-state index contributed by atoms with van der Waals surface area (Å²) in [6.45, 7) is 1.44. The van der Waals surface area contributed by atoms with Gasteiger partial charge in [0.05, 0.1) is 6.10 Å². The first kappa shape index (κ1) is 16.6. The molecule has 3 heterocycles. The lowest BCUT2D eigenvalue weighted by Crippen LogP contribution is -2.41. The van der Waals surface area contributed by atoms with E-state index in [0.29, 0.717) is 17.5 Å². The van der Waals surface area contributed by atoms with Crippen LogP contribution in [0.4, 0.5) is 0 Å². The molecule has 0 radical (unpaired) electrons. The van der Waals surface area contributed by atoms with Crippen LogP contribution in [0, 0.1) is 5.92 Å². The highest BCUT2D eigenvalue weighted by Crippen LogP contribution is 2.40. The average molecular weight is 346 g/mol. The monoisotopic (exact) mass is 346 g/mol. The highest BCUT2D eigenvalue weighted by molar-refractivity contribution is 5.92. The molecule has 1 aliphatic carbocycles. The van der Waals surface area contributed by atoms with Crippen LogP contribution in [0.2, 0.25) is 0 Å². The Bertz CT molecular complexity index is 674. The maximum Gasteiger partial charge on any atom is 0.274 e. The smallest absolute Gasteiger partial charge is 0.274 e. The third-order valence-electron chi connectivity index (χ3n) is 5.85. The van der Waals surface area contributed by atoms with Crippen LogP contribution in [-0.4, -0.2) is 51.8 Å². The summed E-state index contributed by atoms with van der Waals surface area (Å²) in [6, 6.07) is 1.96. The zero-order valence-corrected chi connectivity index (χ0v) is 14.7. The molecule has 1 aromatic heterocycles. The largest absolute Gasteiger partial charge is 0.367 e. The lowest BCUT2D eigenvalue weighted by Gasteiger charge is -2.34. The molecule has 0 unspecified atom stereocenters. The number of rotatable bonds is 4. The van der Waals surface area contributed by atoms with Crippen molar-refractivity contribution in [3.05, 3.63) is 17.5 Å². The number of ether oxygens (including phenoxy) is 1. The molecule has 3 fully saturated rings. The molecular formula is C18H26N4O3. The summed E-state index contributed by atoms with van der Waals surface area (Å²) in [5, 5.41) is 4.42. The zero-order chi connectivity index (χ0) is 17.6. The van der Waals surface area contributed by atoms with Crippen LogP contribution in [0.15, 0.2) is 6.07 Å². The zero-order valence-electron chi connectivity index (χ0n) is 14.7. The van der Waals surface area contributed by atoms with E-state index in [-0.39, 0.29) is 17.9 Å². The second-order valence-electron chi connectivity index (χ2n) is 7.62. The number of piperidine rings is 1.